The number of rotatable bonds is 3. The summed E-state index contributed by atoms with van der Waals surface area (Å²) < 4.78 is 0. The number of alkyl halides is 1. The van der Waals surface area contributed by atoms with E-state index in [1.165, 1.54) is 0 Å². The number of hydrogen-bond donors (Lipinski definition) is 0. The maximum atomic E-state index is 12.1. The minimum Gasteiger partial charge on any atom is -0.292 e. The van der Waals surface area contributed by atoms with Gasteiger partial charge in [0, 0.05) is 18.0 Å². The molecule has 0 aliphatic rings. The summed E-state index contributed by atoms with van der Waals surface area (Å²) in [6.07, 6.45) is 3.24. The molecule has 0 saturated heterocycles. The molecule has 88 valence electrons. The Morgan fingerprint density at radius 2 is 1.82 bits per heavy atom. The van der Waals surface area contributed by atoms with Gasteiger partial charge in [0.05, 0.1) is 0 Å². The monoisotopic (exact) mass is 311 g/mol. The van der Waals surface area contributed by atoms with Gasteiger partial charge < -0.3 is 0 Å². The quantitative estimate of drug-likeness (QED) is 0.637. The molecule has 1 heterocycles. The van der Waals surface area contributed by atoms with Crippen molar-refractivity contribution in [1.82, 2.24) is 4.98 Å². The predicted molar refractivity (Wildman–Crippen MR) is 73.9 cm³/mol. The maximum absolute atomic E-state index is 12.1. The number of halogens is 2. The summed E-state index contributed by atoms with van der Waals surface area (Å²) in [7, 11) is 0. The highest BCUT2D eigenvalue weighted by molar-refractivity contribution is 9.09. The fraction of sp³-hybridized carbons (Fsp3) is 0.0769. The van der Waals surface area contributed by atoms with Crippen LogP contribution in [0.2, 0.25) is 0 Å². The summed E-state index contributed by atoms with van der Waals surface area (Å²) in [6.45, 7) is 0. The van der Waals surface area contributed by atoms with Gasteiger partial charge in [-0.05, 0) is 17.7 Å². The first kappa shape index (κ1) is 13.9. The van der Waals surface area contributed by atoms with Gasteiger partial charge in [0.25, 0.3) is 0 Å². The number of carbonyl (C=O) groups excluding carboxylic acids is 1. The molecule has 0 aliphatic heterocycles. The van der Waals surface area contributed by atoms with E-state index in [2.05, 4.69) is 20.9 Å². The van der Waals surface area contributed by atoms with Crippen molar-refractivity contribution in [2.45, 2.75) is 4.83 Å². The van der Waals surface area contributed by atoms with E-state index in [0.29, 0.717) is 5.56 Å². The number of Topliss-reactive ketones (excluding diaryl/α,β-unsaturated/α-hetero) is 1. The molecule has 1 aromatic heterocycles. The number of hydrogen-bond acceptors (Lipinski definition) is 2. The van der Waals surface area contributed by atoms with E-state index in [4.69, 9.17) is 0 Å². The molecule has 2 nitrogen and oxygen atoms in total. The Morgan fingerprint density at radius 1 is 1.12 bits per heavy atom. The van der Waals surface area contributed by atoms with Crippen LogP contribution in [0.4, 0.5) is 0 Å². The zero-order valence-electron chi connectivity index (χ0n) is 8.92. The topological polar surface area (TPSA) is 30.0 Å². The van der Waals surface area contributed by atoms with Crippen molar-refractivity contribution >= 4 is 34.1 Å². The number of benzene rings is 1. The molecule has 0 radical (unpaired) electrons. The van der Waals surface area contributed by atoms with Crippen molar-refractivity contribution in [1.29, 1.82) is 0 Å². The van der Waals surface area contributed by atoms with Gasteiger partial charge in [-0.3, -0.25) is 9.78 Å². The summed E-state index contributed by atoms with van der Waals surface area (Å²) in [5.41, 5.74) is 1.57. The van der Waals surface area contributed by atoms with Crippen LogP contribution in [0.3, 0.4) is 0 Å². The van der Waals surface area contributed by atoms with Gasteiger partial charge in [-0.1, -0.05) is 46.3 Å². The number of ketones is 1. The second-order valence-electron chi connectivity index (χ2n) is 3.38. The fourth-order valence-corrected chi connectivity index (χ4v) is 2.00. The van der Waals surface area contributed by atoms with Crippen LogP contribution in [0.15, 0.2) is 54.9 Å². The summed E-state index contributed by atoms with van der Waals surface area (Å²) >= 11 is 3.41. The molecule has 2 rings (SSSR count). The average Bonchev–Trinajstić information content (AvgIpc) is 2.39. The van der Waals surface area contributed by atoms with Crippen LogP contribution >= 0.6 is 28.3 Å². The lowest BCUT2D eigenvalue weighted by Gasteiger charge is -2.08. The highest BCUT2D eigenvalue weighted by Crippen LogP contribution is 2.26. The average molecular weight is 313 g/mol. The molecular weight excluding hydrogens is 302 g/mol. The van der Waals surface area contributed by atoms with Crippen molar-refractivity contribution in [3.05, 3.63) is 66.0 Å². The predicted octanol–water partition coefficient (Wildman–Crippen LogP) is 3.82. The van der Waals surface area contributed by atoms with Gasteiger partial charge in [-0.15, -0.1) is 12.4 Å². The van der Waals surface area contributed by atoms with E-state index in [1.54, 1.807) is 24.5 Å². The van der Waals surface area contributed by atoms with Gasteiger partial charge in [0.1, 0.15) is 4.83 Å². The Kier molecular flexibility index (Phi) is 5.32. The van der Waals surface area contributed by atoms with Crippen LogP contribution in [0, 0.1) is 0 Å². The smallest absolute Gasteiger partial charge is 0.182 e. The maximum Gasteiger partial charge on any atom is 0.182 e. The molecule has 0 fully saturated rings. The van der Waals surface area contributed by atoms with Gasteiger partial charge in [0.2, 0.25) is 0 Å². The molecule has 0 saturated carbocycles. The Labute approximate surface area is 115 Å². The molecular formula is C13H11BrClNO. The third kappa shape index (κ3) is 3.38. The molecule has 0 amide bonds. The molecule has 0 bridgehead atoms. The van der Waals surface area contributed by atoms with E-state index in [1.807, 2.05) is 30.3 Å². The van der Waals surface area contributed by atoms with Gasteiger partial charge in [-0.2, -0.15) is 0 Å². The molecule has 4 heteroatoms. The van der Waals surface area contributed by atoms with Gasteiger partial charge >= 0.3 is 0 Å². The lowest BCUT2D eigenvalue weighted by molar-refractivity contribution is 0.0991. The zero-order chi connectivity index (χ0) is 11.4. The Balaban J connectivity index is 0.00000144. The Bertz CT molecular complexity index is 475. The van der Waals surface area contributed by atoms with Crippen LogP contribution in [-0.4, -0.2) is 10.8 Å². The molecule has 2 aromatic rings. The first-order chi connectivity index (χ1) is 7.79. The van der Waals surface area contributed by atoms with E-state index in [9.17, 15) is 4.79 Å². The highest BCUT2D eigenvalue weighted by Gasteiger charge is 2.18. The number of pyridine rings is 1. The third-order valence-corrected chi connectivity index (χ3v) is 3.21. The Hall–Kier alpha value is -1.19. The number of carbonyl (C=O) groups is 1. The van der Waals surface area contributed by atoms with Crippen LogP contribution in [0.5, 0.6) is 0 Å². The molecule has 0 N–H and O–H groups in total. The second kappa shape index (κ2) is 6.52. The van der Waals surface area contributed by atoms with Crippen LogP contribution in [0.25, 0.3) is 0 Å². The molecule has 1 aromatic carbocycles. The van der Waals surface area contributed by atoms with Crippen LogP contribution in [0.1, 0.15) is 20.7 Å². The summed E-state index contributed by atoms with van der Waals surface area (Å²) in [6, 6.07) is 13.1. The molecule has 1 atom stereocenters. The first-order valence-electron chi connectivity index (χ1n) is 4.92. The molecule has 1 unspecified atom stereocenters. The van der Waals surface area contributed by atoms with Crippen molar-refractivity contribution in [2.75, 3.05) is 0 Å². The summed E-state index contributed by atoms with van der Waals surface area (Å²) in [4.78, 5) is 15.7. The van der Waals surface area contributed by atoms with Gasteiger partial charge in [0.15, 0.2) is 5.78 Å². The number of aromatic nitrogens is 1. The fourth-order valence-electron chi connectivity index (χ4n) is 1.43. The second-order valence-corrected chi connectivity index (χ2v) is 4.29. The van der Waals surface area contributed by atoms with Crippen LogP contribution < -0.4 is 0 Å². The van der Waals surface area contributed by atoms with E-state index in [-0.39, 0.29) is 23.0 Å². The SMILES string of the molecule is Cl.O=C(c1cccnc1)C(Br)c1ccccc1. The van der Waals surface area contributed by atoms with Crippen molar-refractivity contribution in [2.24, 2.45) is 0 Å². The van der Waals surface area contributed by atoms with Crippen molar-refractivity contribution < 1.29 is 4.79 Å². The third-order valence-electron chi connectivity index (χ3n) is 2.27. The van der Waals surface area contributed by atoms with E-state index in [0.717, 1.165) is 5.56 Å². The molecule has 0 aliphatic carbocycles. The first-order valence-corrected chi connectivity index (χ1v) is 5.84. The normalized spacial score (nSPS) is 11.4. The number of nitrogens with zero attached hydrogens (tertiary/aromatic N) is 1. The van der Waals surface area contributed by atoms with Gasteiger partial charge in [-0.25, -0.2) is 0 Å². The zero-order valence-corrected chi connectivity index (χ0v) is 11.3. The molecule has 17 heavy (non-hydrogen) atoms. The summed E-state index contributed by atoms with van der Waals surface area (Å²) in [5, 5.41) is 0. The van der Waals surface area contributed by atoms with Crippen molar-refractivity contribution in [3.63, 3.8) is 0 Å². The van der Waals surface area contributed by atoms with E-state index >= 15 is 0 Å². The highest BCUT2D eigenvalue weighted by atomic mass is 79.9. The van der Waals surface area contributed by atoms with E-state index < -0.39 is 0 Å². The lowest BCUT2D eigenvalue weighted by atomic mass is 10.0. The summed E-state index contributed by atoms with van der Waals surface area (Å²) in [5.74, 6) is 0.0271. The van der Waals surface area contributed by atoms with Crippen LogP contribution in [-0.2, 0) is 0 Å². The Morgan fingerprint density at radius 3 is 2.41 bits per heavy atom. The molecule has 0 spiro atoms. The van der Waals surface area contributed by atoms with Crippen molar-refractivity contribution in [3.8, 4) is 0 Å². The minimum atomic E-state index is -0.308. The minimum absolute atomic E-state index is 0. The largest absolute Gasteiger partial charge is 0.292 e. The lowest BCUT2D eigenvalue weighted by Crippen LogP contribution is -2.07. The standard InChI is InChI=1S/C13H10BrNO.ClH/c14-12(10-5-2-1-3-6-10)13(16)11-7-4-8-15-9-11;/h1-9,12H;1H.